The predicted molar refractivity (Wildman–Crippen MR) is 84.0 cm³/mol. The van der Waals surface area contributed by atoms with Crippen LogP contribution in [0.5, 0.6) is 0 Å². The van der Waals surface area contributed by atoms with Crippen LogP contribution in [0.15, 0.2) is 35.0 Å². The Labute approximate surface area is 128 Å². The molecule has 0 spiro atoms. The van der Waals surface area contributed by atoms with Crippen molar-refractivity contribution in [1.82, 2.24) is 9.97 Å². The molecule has 0 radical (unpaired) electrons. The summed E-state index contributed by atoms with van der Waals surface area (Å²) in [5, 5.41) is 0.803. The van der Waals surface area contributed by atoms with Gasteiger partial charge in [0, 0.05) is 23.7 Å². The summed E-state index contributed by atoms with van der Waals surface area (Å²) in [6, 6.07) is 4.58. The van der Waals surface area contributed by atoms with Gasteiger partial charge in [0.2, 0.25) is 5.95 Å². The Kier molecular flexibility index (Phi) is 3.56. The third kappa shape index (κ3) is 2.43. The lowest BCUT2D eigenvalue weighted by atomic mass is 9.86. The molecule has 2 N–H and O–H groups in total. The highest BCUT2D eigenvalue weighted by molar-refractivity contribution is 5.82. The van der Waals surface area contributed by atoms with E-state index in [0.29, 0.717) is 5.58 Å². The zero-order valence-electron chi connectivity index (χ0n) is 12.8. The maximum atomic E-state index is 13.5. The van der Waals surface area contributed by atoms with E-state index < -0.39 is 0 Å². The molecule has 4 nitrogen and oxygen atoms in total. The summed E-state index contributed by atoms with van der Waals surface area (Å²) in [5.41, 5.74) is 8.14. The predicted octanol–water partition coefficient (Wildman–Crippen LogP) is 4.04. The van der Waals surface area contributed by atoms with Crippen molar-refractivity contribution in [2.75, 3.05) is 5.73 Å². The normalized spacial score (nSPS) is 13.0. The average Bonchev–Trinajstić information content (AvgIpc) is 2.78. The number of aromatic nitrogens is 2. The summed E-state index contributed by atoms with van der Waals surface area (Å²) in [6.07, 6.45) is 3.44. The SMILES string of the molecule is Cc1c([C@H](c2cnc(N)nc2)C(C)C)oc2ccc(F)cc12. The molecule has 0 saturated heterocycles. The van der Waals surface area contributed by atoms with Crippen molar-refractivity contribution < 1.29 is 8.81 Å². The van der Waals surface area contributed by atoms with Gasteiger partial charge in [-0.25, -0.2) is 14.4 Å². The lowest BCUT2D eigenvalue weighted by Crippen LogP contribution is -2.10. The first-order chi connectivity index (χ1) is 10.5. The number of furan rings is 1. The Morgan fingerprint density at radius 3 is 2.50 bits per heavy atom. The van der Waals surface area contributed by atoms with Gasteiger partial charge in [-0.2, -0.15) is 0 Å². The van der Waals surface area contributed by atoms with Crippen molar-refractivity contribution in [3.05, 3.63) is 53.3 Å². The van der Waals surface area contributed by atoms with Crippen LogP contribution in [0.25, 0.3) is 11.0 Å². The number of aryl methyl sites for hydroxylation is 1. The third-order valence-corrected chi connectivity index (χ3v) is 3.94. The molecule has 3 rings (SSSR count). The Balaban J connectivity index is 2.16. The maximum Gasteiger partial charge on any atom is 0.219 e. The van der Waals surface area contributed by atoms with Crippen LogP contribution in [0.4, 0.5) is 10.3 Å². The molecule has 0 aliphatic rings. The highest BCUT2D eigenvalue weighted by Gasteiger charge is 2.26. The number of hydrogen-bond acceptors (Lipinski definition) is 4. The highest BCUT2D eigenvalue weighted by atomic mass is 19.1. The molecule has 114 valence electrons. The lowest BCUT2D eigenvalue weighted by molar-refractivity contribution is 0.446. The number of anilines is 1. The number of hydrogen-bond donors (Lipinski definition) is 1. The molecule has 0 saturated carbocycles. The van der Waals surface area contributed by atoms with E-state index in [4.69, 9.17) is 10.2 Å². The summed E-state index contributed by atoms with van der Waals surface area (Å²) >= 11 is 0. The molecule has 0 unspecified atom stereocenters. The average molecular weight is 299 g/mol. The number of halogens is 1. The van der Waals surface area contributed by atoms with Crippen LogP contribution in [-0.2, 0) is 0 Å². The quantitative estimate of drug-likeness (QED) is 0.792. The molecule has 3 aromatic rings. The number of rotatable bonds is 3. The first kappa shape index (κ1) is 14.5. The molecule has 1 atom stereocenters. The molecule has 1 aromatic carbocycles. The Hall–Kier alpha value is -2.43. The van der Waals surface area contributed by atoms with Gasteiger partial charge in [-0.3, -0.25) is 0 Å². The van der Waals surface area contributed by atoms with Crippen molar-refractivity contribution in [3.8, 4) is 0 Å². The summed E-state index contributed by atoms with van der Waals surface area (Å²) in [5.74, 6) is 1.07. The summed E-state index contributed by atoms with van der Waals surface area (Å²) < 4.78 is 19.5. The Morgan fingerprint density at radius 2 is 1.86 bits per heavy atom. The lowest BCUT2D eigenvalue weighted by Gasteiger charge is -2.19. The van der Waals surface area contributed by atoms with Crippen LogP contribution >= 0.6 is 0 Å². The zero-order valence-corrected chi connectivity index (χ0v) is 12.8. The second kappa shape index (κ2) is 5.40. The monoisotopic (exact) mass is 299 g/mol. The first-order valence-electron chi connectivity index (χ1n) is 7.23. The molecular weight excluding hydrogens is 281 g/mol. The van der Waals surface area contributed by atoms with Crippen LogP contribution in [-0.4, -0.2) is 9.97 Å². The van der Waals surface area contributed by atoms with E-state index in [1.54, 1.807) is 18.5 Å². The largest absolute Gasteiger partial charge is 0.460 e. The highest BCUT2D eigenvalue weighted by Crippen LogP contribution is 2.38. The van der Waals surface area contributed by atoms with Crippen molar-refractivity contribution in [3.63, 3.8) is 0 Å². The molecular formula is C17H18FN3O. The fourth-order valence-corrected chi connectivity index (χ4v) is 2.86. The number of fused-ring (bicyclic) bond motifs is 1. The molecule has 0 aliphatic heterocycles. The minimum Gasteiger partial charge on any atom is -0.460 e. The number of benzene rings is 1. The van der Waals surface area contributed by atoms with Crippen molar-refractivity contribution in [1.29, 1.82) is 0 Å². The van der Waals surface area contributed by atoms with Gasteiger partial charge < -0.3 is 10.2 Å². The molecule has 0 fully saturated rings. The van der Waals surface area contributed by atoms with Gasteiger partial charge in [0.1, 0.15) is 17.2 Å². The van der Waals surface area contributed by atoms with Gasteiger partial charge in [0.05, 0.1) is 0 Å². The van der Waals surface area contributed by atoms with E-state index in [0.717, 1.165) is 22.3 Å². The summed E-state index contributed by atoms with van der Waals surface area (Å²) in [7, 11) is 0. The zero-order chi connectivity index (χ0) is 15.9. The molecule has 0 aliphatic carbocycles. The van der Waals surface area contributed by atoms with E-state index in [1.807, 2.05) is 6.92 Å². The van der Waals surface area contributed by atoms with Crippen LogP contribution < -0.4 is 5.73 Å². The van der Waals surface area contributed by atoms with Gasteiger partial charge in [-0.15, -0.1) is 0 Å². The van der Waals surface area contributed by atoms with Gasteiger partial charge in [0.25, 0.3) is 0 Å². The standard InChI is InChI=1S/C17H18FN3O/c1-9(2)15(11-7-20-17(19)21-8-11)16-10(3)13-6-12(18)4-5-14(13)22-16/h4-9,15H,1-3H3,(H2,19,20,21)/t15-/m0/s1. The van der Waals surface area contributed by atoms with Crippen LogP contribution in [0.2, 0.25) is 0 Å². The van der Waals surface area contributed by atoms with E-state index >= 15 is 0 Å². The molecule has 2 aromatic heterocycles. The molecule has 0 amide bonds. The Bertz CT molecular complexity index is 809. The third-order valence-electron chi connectivity index (χ3n) is 3.94. The van der Waals surface area contributed by atoms with E-state index in [1.165, 1.54) is 12.1 Å². The van der Waals surface area contributed by atoms with Gasteiger partial charge in [0.15, 0.2) is 0 Å². The van der Waals surface area contributed by atoms with Gasteiger partial charge >= 0.3 is 0 Å². The fraction of sp³-hybridized carbons (Fsp3) is 0.294. The second-order valence-corrected chi connectivity index (χ2v) is 5.83. The maximum absolute atomic E-state index is 13.5. The van der Waals surface area contributed by atoms with E-state index in [2.05, 4.69) is 23.8 Å². The van der Waals surface area contributed by atoms with Gasteiger partial charge in [-0.05, 0) is 42.2 Å². The minimum atomic E-state index is -0.264. The first-order valence-corrected chi connectivity index (χ1v) is 7.23. The summed E-state index contributed by atoms with van der Waals surface area (Å²) in [6.45, 7) is 6.16. The van der Waals surface area contributed by atoms with E-state index in [-0.39, 0.29) is 23.6 Å². The van der Waals surface area contributed by atoms with Crippen molar-refractivity contribution in [2.45, 2.75) is 26.7 Å². The van der Waals surface area contributed by atoms with Crippen molar-refractivity contribution >= 4 is 16.9 Å². The van der Waals surface area contributed by atoms with Crippen LogP contribution in [0, 0.1) is 18.7 Å². The van der Waals surface area contributed by atoms with Crippen LogP contribution in [0.1, 0.15) is 36.7 Å². The molecule has 5 heteroatoms. The fourth-order valence-electron chi connectivity index (χ4n) is 2.86. The Morgan fingerprint density at radius 1 is 1.18 bits per heavy atom. The van der Waals surface area contributed by atoms with Gasteiger partial charge in [-0.1, -0.05) is 13.8 Å². The number of nitrogens with two attached hydrogens (primary N) is 1. The number of nitrogen functional groups attached to an aromatic ring is 1. The second-order valence-electron chi connectivity index (χ2n) is 5.83. The smallest absolute Gasteiger partial charge is 0.219 e. The topological polar surface area (TPSA) is 64.9 Å². The number of nitrogens with zero attached hydrogens (tertiary/aromatic N) is 2. The summed E-state index contributed by atoms with van der Waals surface area (Å²) in [4.78, 5) is 8.14. The minimum absolute atomic E-state index is 0.00365. The molecule has 0 bridgehead atoms. The molecule has 22 heavy (non-hydrogen) atoms. The van der Waals surface area contributed by atoms with Crippen molar-refractivity contribution in [2.24, 2.45) is 5.92 Å². The van der Waals surface area contributed by atoms with E-state index in [9.17, 15) is 4.39 Å². The van der Waals surface area contributed by atoms with Crippen LogP contribution in [0.3, 0.4) is 0 Å². The molecule has 2 heterocycles.